The van der Waals surface area contributed by atoms with Crippen LogP contribution in [0.1, 0.15) is 17.5 Å². The van der Waals surface area contributed by atoms with E-state index >= 15 is 0 Å². The highest BCUT2D eigenvalue weighted by Gasteiger charge is 2.16. The molecule has 0 saturated carbocycles. The van der Waals surface area contributed by atoms with Gasteiger partial charge in [0.2, 0.25) is 11.8 Å². The number of carbonyl (C=O) groups excluding carboxylic acids is 2. The van der Waals surface area contributed by atoms with Crippen molar-refractivity contribution >= 4 is 46.2 Å². The minimum absolute atomic E-state index is 0.397. The average Bonchev–Trinajstić information content (AvgIpc) is 2.77. The number of ether oxygens (including phenoxy) is 2. The van der Waals surface area contributed by atoms with Crippen LogP contribution in [-0.2, 0) is 9.59 Å². The van der Waals surface area contributed by atoms with Gasteiger partial charge in [-0.05, 0) is 48.5 Å². The summed E-state index contributed by atoms with van der Waals surface area (Å²) in [6.07, 6.45) is -0.398. The maximum absolute atomic E-state index is 12.2. The van der Waals surface area contributed by atoms with E-state index < -0.39 is 18.2 Å². The Morgan fingerprint density at radius 3 is 1.35 bits per heavy atom. The molecule has 0 aliphatic heterocycles. The molecule has 2 N–H and O–H groups in total. The van der Waals surface area contributed by atoms with Crippen LogP contribution in [0.4, 0.5) is 0 Å². The Morgan fingerprint density at radius 2 is 1.06 bits per heavy atom. The molecule has 2 amide bonds. The smallest absolute Gasteiger partial charge is 0.248 e. The number of nitrogens with zero attached hydrogens (tertiary/aromatic N) is 2. The maximum atomic E-state index is 12.2. The first-order chi connectivity index (χ1) is 14.7. The summed E-state index contributed by atoms with van der Waals surface area (Å²) in [4.78, 5) is 25.3. The van der Waals surface area contributed by atoms with Crippen LogP contribution in [-0.4, -0.2) is 60.1 Å². The van der Waals surface area contributed by atoms with E-state index in [1.165, 1.54) is 10.0 Å². The van der Waals surface area contributed by atoms with E-state index in [4.69, 9.17) is 33.9 Å². The molecule has 2 aromatic rings. The van der Waals surface area contributed by atoms with Crippen molar-refractivity contribution in [3.63, 3.8) is 0 Å². The van der Waals surface area contributed by atoms with Crippen molar-refractivity contribution in [1.82, 2.24) is 20.9 Å². The fourth-order valence-electron chi connectivity index (χ4n) is 2.56. The Hall–Kier alpha value is -3.24. The molecule has 0 aliphatic carbocycles. The largest absolute Gasteiger partial charge is 0.497 e. The first-order valence-electron chi connectivity index (χ1n) is 9.18. The van der Waals surface area contributed by atoms with Crippen molar-refractivity contribution in [2.45, 2.75) is 6.42 Å². The summed E-state index contributed by atoms with van der Waals surface area (Å²) in [5, 5.41) is 2.77. The van der Waals surface area contributed by atoms with E-state index in [-0.39, 0.29) is 0 Å². The molecule has 0 atom stereocenters. The molecular formula is C21H24N4O4S2. The molecule has 0 spiro atoms. The normalized spacial score (nSPS) is 9.94. The molecule has 164 valence electrons. The lowest BCUT2D eigenvalue weighted by Gasteiger charge is -2.23. The zero-order valence-electron chi connectivity index (χ0n) is 17.7. The lowest BCUT2D eigenvalue weighted by molar-refractivity contribution is -0.132. The number of hydrogen-bond acceptors (Lipinski definition) is 6. The van der Waals surface area contributed by atoms with Gasteiger partial charge in [0.15, 0.2) is 0 Å². The fraction of sp³-hybridized carbons (Fsp3) is 0.238. The molecule has 0 bridgehead atoms. The van der Waals surface area contributed by atoms with Crippen LogP contribution in [0.15, 0.2) is 48.5 Å². The van der Waals surface area contributed by atoms with Gasteiger partial charge in [-0.1, -0.05) is 24.4 Å². The Bertz CT molecular complexity index is 871. The highest BCUT2D eigenvalue weighted by atomic mass is 32.1. The molecule has 31 heavy (non-hydrogen) atoms. The van der Waals surface area contributed by atoms with Crippen LogP contribution < -0.4 is 20.3 Å². The average molecular weight is 461 g/mol. The zero-order valence-corrected chi connectivity index (χ0v) is 19.3. The van der Waals surface area contributed by atoms with Gasteiger partial charge in [0.05, 0.1) is 14.2 Å². The van der Waals surface area contributed by atoms with Gasteiger partial charge in [-0.15, -0.1) is 0 Å². The van der Waals surface area contributed by atoms with Gasteiger partial charge in [-0.2, -0.15) is 0 Å². The lowest BCUT2D eigenvalue weighted by atomic mass is 10.2. The number of hydrogen-bond donors (Lipinski definition) is 2. The Kier molecular flexibility index (Phi) is 8.71. The fourth-order valence-corrected chi connectivity index (χ4v) is 2.92. The standard InChI is InChI=1S/C21H24N4O4S2/c1-24(20(30)14-5-9-16(28-3)10-6-14)22-18(26)13-19(27)23-25(2)21(31)15-7-11-17(29-4)12-8-15/h5-12H,13H2,1-4H3,(H,22,26)(H,23,27). The third kappa shape index (κ3) is 6.90. The quantitative estimate of drug-likeness (QED) is 0.385. The summed E-state index contributed by atoms with van der Waals surface area (Å²) in [6, 6.07) is 14.2. The summed E-state index contributed by atoms with van der Waals surface area (Å²) in [7, 11) is 6.36. The second-order valence-corrected chi connectivity index (χ2v) is 7.21. The molecule has 0 radical (unpaired) electrons. The Morgan fingerprint density at radius 1 is 0.742 bits per heavy atom. The van der Waals surface area contributed by atoms with E-state index in [1.807, 2.05) is 0 Å². The SMILES string of the molecule is COc1ccc(C(=S)N(C)NC(=O)CC(=O)NN(C)C(=S)c2ccc(OC)cc2)cc1. The molecule has 0 saturated heterocycles. The van der Waals surface area contributed by atoms with Crippen molar-refractivity contribution in [2.75, 3.05) is 28.3 Å². The Labute approximate surface area is 192 Å². The van der Waals surface area contributed by atoms with E-state index in [9.17, 15) is 9.59 Å². The lowest BCUT2D eigenvalue weighted by Crippen LogP contribution is -2.47. The van der Waals surface area contributed by atoms with Gasteiger partial charge in [0.25, 0.3) is 0 Å². The number of benzene rings is 2. The van der Waals surface area contributed by atoms with E-state index in [2.05, 4.69) is 10.9 Å². The van der Waals surface area contributed by atoms with Gasteiger partial charge < -0.3 is 9.47 Å². The zero-order chi connectivity index (χ0) is 23.0. The number of amides is 2. The molecule has 0 aliphatic rings. The van der Waals surface area contributed by atoms with Crippen molar-refractivity contribution in [2.24, 2.45) is 0 Å². The van der Waals surface area contributed by atoms with E-state index in [0.29, 0.717) is 21.5 Å². The first-order valence-corrected chi connectivity index (χ1v) is 10.00. The van der Waals surface area contributed by atoms with Crippen LogP contribution in [0.25, 0.3) is 0 Å². The molecule has 2 rings (SSSR count). The van der Waals surface area contributed by atoms with Crippen molar-refractivity contribution in [1.29, 1.82) is 0 Å². The number of nitrogens with one attached hydrogen (secondary N) is 2. The second kappa shape index (κ2) is 11.2. The van der Waals surface area contributed by atoms with Crippen LogP contribution in [0.2, 0.25) is 0 Å². The number of hydrazine groups is 2. The van der Waals surface area contributed by atoms with Gasteiger partial charge in [-0.25, -0.2) is 0 Å². The summed E-state index contributed by atoms with van der Waals surface area (Å²) in [5.74, 6) is 0.373. The molecule has 8 nitrogen and oxygen atoms in total. The molecule has 10 heteroatoms. The minimum Gasteiger partial charge on any atom is -0.497 e. The van der Waals surface area contributed by atoms with Crippen molar-refractivity contribution in [3.05, 3.63) is 59.7 Å². The van der Waals surface area contributed by atoms with Crippen LogP contribution in [0.5, 0.6) is 11.5 Å². The van der Waals surface area contributed by atoms with Gasteiger partial charge in [-0.3, -0.25) is 30.5 Å². The molecule has 2 aromatic carbocycles. The Balaban J connectivity index is 1.85. The maximum Gasteiger partial charge on any atom is 0.248 e. The monoisotopic (exact) mass is 460 g/mol. The van der Waals surface area contributed by atoms with Crippen LogP contribution in [0.3, 0.4) is 0 Å². The van der Waals surface area contributed by atoms with Crippen LogP contribution >= 0.6 is 24.4 Å². The molecule has 0 fully saturated rings. The summed E-state index contributed by atoms with van der Waals surface area (Å²) < 4.78 is 10.2. The number of methoxy groups -OCH3 is 2. The third-order valence-corrected chi connectivity index (χ3v) is 5.21. The number of carbonyl (C=O) groups is 2. The second-order valence-electron chi connectivity index (χ2n) is 6.43. The summed E-state index contributed by atoms with van der Waals surface area (Å²) in [5.41, 5.74) is 6.62. The minimum atomic E-state index is -0.514. The van der Waals surface area contributed by atoms with Gasteiger partial charge in [0, 0.05) is 25.2 Å². The number of thiocarbonyl (C=S) groups is 2. The van der Waals surface area contributed by atoms with E-state index in [0.717, 1.165) is 11.1 Å². The topological polar surface area (TPSA) is 83.1 Å². The van der Waals surface area contributed by atoms with Gasteiger partial charge in [0.1, 0.15) is 27.9 Å². The van der Waals surface area contributed by atoms with E-state index in [1.54, 1.807) is 76.8 Å². The van der Waals surface area contributed by atoms with Crippen molar-refractivity contribution < 1.29 is 19.1 Å². The van der Waals surface area contributed by atoms with Crippen LogP contribution in [0, 0.1) is 0 Å². The summed E-state index contributed by atoms with van der Waals surface area (Å²) >= 11 is 10.7. The molecule has 0 unspecified atom stereocenters. The highest BCUT2D eigenvalue weighted by molar-refractivity contribution is 7.80. The predicted octanol–water partition coefficient (Wildman–Crippen LogP) is 2.07. The molecular weight excluding hydrogens is 436 g/mol. The molecule has 0 aromatic heterocycles. The number of rotatable bonds is 6. The molecule has 0 heterocycles. The predicted molar refractivity (Wildman–Crippen MR) is 126 cm³/mol. The van der Waals surface area contributed by atoms with Gasteiger partial charge >= 0.3 is 0 Å². The summed E-state index contributed by atoms with van der Waals surface area (Å²) in [6.45, 7) is 0. The highest BCUT2D eigenvalue weighted by Crippen LogP contribution is 2.14. The van der Waals surface area contributed by atoms with Crippen molar-refractivity contribution in [3.8, 4) is 11.5 Å². The first kappa shape index (κ1) is 24.0. The third-order valence-electron chi connectivity index (χ3n) is 4.19.